The van der Waals surface area contributed by atoms with Crippen molar-refractivity contribution in [2.24, 2.45) is 0 Å². The Bertz CT molecular complexity index is 173. The molecule has 1 aromatic rings. The summed E-state index contributed by atoms with van der Waals surface area (Å²) >= 11 is 10.7. The maximum absolute atomic E-state index is 5.35. The fourth-order valence-electron chi connectivity index (χ4n) is 0.332. The van der Waals surface area contributed by atoms with Crippen LogP contribution >= 0.6 is 23.2 Å². The molecule has 1 rings (SSSR count). The Morgan fingerprint density at radius 3 is 2.62 bits per heavy atom. The molecule has 5 heteroatoms. The van der Waals surface area contributed by atoms with Gasteiger partial charge in [0.25, 0.3) is 0 Å². The molecule has 0 saturated heterocycles. The number of hydrogen-bond acceptors (Lipinski definition) is 2. The van der Waals surface area contributed by atoms with E-state index < -0.39 is 0 Å². The Balaban J connectivity index is 2.84. The van der Waals surface area contributed by atoms with Gasteiger partial charge < -0.3 is 0 Å². The topological polar surface area (TPSA) is 41.6 Å². The van der Waals surface area contributed by atoms with Gasteiger partial charge in [0, 0.05) is 0 Å². The first-order valence-electron chi connectivity index (χ1n) is 1.95. The van der Waals surface area contributed by atoms with Crippen LogP contribution in [-0.4, -0.2) is 15.2 Å². The van der Waals surface area contributed by atoms with Gasteiger partial charge in [-0.15, -0.1) is 16.7 Å². The van der Waals surface area contributed by atoms with Gasteiger partial charge in [-0.1, -0.05) is 0 Å². The van der Waals surface area contributed by atoms with Crippen molar-refractivity contribution < 1.29 is 0 Å². The van der Waals surface area contributed by atoms with Gasteiger partial charge in [-0.3, -0.25) is 5.10 Å². The first-order valence-corrected chi connectivity index (χ1v) is 2.87. The van der Waals surface area contributed by atoms with Crippen molar-refractivity contribution in [3.63, 3.8) is 0 Å². The molecule has 0 aliphatic rings. The zero-order chi connectivity index (χ0) is 5.98. The van der Waals surface area contributed by atoms with E-state index in [9.17, 15) is 0 Å². The van der Waals surface area contributed by atoms with Crippen molar-refractivity contribution in [1.82, 2.24) is 15.2 Å². The van der Waals surface area contributed by atoms with Crippen molar-refractivity contribution in [3.8, 4) is 0 Å². The SMILES string of the molecule is ClCc1nc(Cl)n[nH]1. The number of hydrogen-bond donors (Lipinski definition) is 1. The van der Waals surface area contributed by atoms with Crippen molar-refractivity contribution in [3.05, 3.63) is 11.1 Å². The normalized spacial score (nSPS) is 9.75. The number of nitrogens with zero attached hydrogens (tertiary/aromatic N) is 2. The highest BCUT2D eigenvalue weighted by molar-refractivity contribution is 6.28. The molecule has 0 aliphatic carbocycles. The highest BCUT2D eigenvalue weighted by Gasteiger charge is 1.94. The highest BCUT2D eigenvalue weighted by atomic mass is 35.5. The van der Waals surface area contributed by atoms with Gasteiger partial charge in [-0.05, 0) is 11.6 Å². The van der Waals surface area contributed by atoms with Crippen LogP contribution in [0.1, 0.15) is 5.82 Å². The Kier molecular flexibility index (Phi) is 1.70. The average Bonchev–Trinajstić information content (AvgIpc) is 2.14. The summed E-state index contributed by atoms with van der Waals surface area (Å²) in [6.45, 7) is 0. The van der Waals surface area contributed by atoms with Gasteiger partial charge in [0.05, 0.1) is 5.88 Å². The van der Waals surface area contributed by atoms with Crippen LogP contribution in [-0.2, 0) is 5.88 Å². The molecule has 0 bridgehead atoms. The quantitative estimate of drug-likeness (QED) is 0.614. The molecule has 0 fully saturated rings. The third-order valence-corrected chi connectivity index (χ3v) is 1.05. The summed E-state index contributed by atoms with van der Waals surface area (Å²) in [4.78, 5) is 3.70. The van der Waals surface area contributed by atoms with Crippen LogP contribution in [0, 0.1) is 0 Å². The summed E-state index contributed by atoms with van der Waals surface area (Å²) in [6.07, 6.45) is 0. The molecular weight excluding hydrogens is 149 g/mol. The molecule has 1 N–H and O–H groups in total. The van der Waals surface area contributed by atoms with Crippen LogP contribution in [0.4, 0.5) is 0 Å². The molecule has 0 aliphatic heterocycles. The molecule has 0 amide bonds. The Hall–Kier alpha value is -0.280. The number of nitrogens with one attached hydrogen (secondary N) is 1. The standard InChI is InChI=1S/C3H3Cl2N3/c4-1-2-6-3(5)8-7-2/h1H2,(H,6,7,8). The maximum Gasteiger partial charge on any atom is 0.242 e. The number of halogens is 2. The van der Waals surface area contributed by atoms with Crippen LogP contribution in [0.3, 0.4) is 0 Å². The minimum Gasteiger partial charge on any atom is -0.261 e. The predicted molar refractivity (Wildman–Crippen MR) is 30.9 cm³/mol. The number of aromatic amines is 1. The molecule has 0 saturated carbocycles. The van der Waals surface area contributed by atoms with Gasteiger partial charge in [0.1, 0.15) is 5.82 Å². The Labute approximate surface area is 56.0 Å². The minimum atomic E-state index is 0.209. The summed E-state index contributed by atoms with van der Waals surface area (Å²) in [7, 11) is 0. The maximum atomic E-state index is 5.35. The summed E-state index contributed by atoms with van der Waals surface area (Å²) < 4.78 is 0. The summed E-state index contributed by atoms with van der Waals surface area (Å²) in [6, 6.07) is 0. The molecule has 1 aromatic heterocycles. The number of rotatable bonds is 1. The van der Waals surface area contributed by atoms with Crippen molar-refractivity contribution >= 4 is 23.2 Å². The van der Waals surface area contributed by atoms with Gasteiger partial charge in [0.2, 0.25) is 5.28 Å². The minimum absolute atomic E-state index is 0.209. The van der Waals surface area contributed by atoms with E-state index in [1.165, 1.54) is 0 Å². The lowest BCUT2D eigenvalue weighted by molar-refractivity contribution is 1.02. The van der Waals surface area contributed by atoms with Gasteiger partial charge in [-0.25, -0.2) is 4.98 Å². The van der Waals surface area contributed by atoms with Gasteiger partial charge in [-0.2, -0.15) is 0 Å². The summed E-state index contributed by atoms with van der Waals surface area (Å²) in [5.41, 5.74) is 0. The van der Waals surface area contributed by atoms with Gasteiger partial charge in [0.15, 0.2) is 0 Å². The predicted octanol–water partition coefficient (Wildman–Crippen LogP) is 1.20. The zero-order valence-electron chi connectivity index (χ0n) is 3.86. The molecule has 3 nitrogen and oxygen atoms in total. The molecule has 0 aromatic carbocycles. The molecule has 0 atom stereocenters. The smallest absolute Gasteiger partial charge is 0.242 e. The van der Waals surface area contributed by atoms with Crippen LogP contribution < -0.4 is 0 Å². The van der Waals surface area contributed by atoms with E-state index in [0.29, 0.717) is 11.7 Å². The van der Waals surface area contributed by atoms with E-state index in [4.69, 9.17) is 23.2 Å². The van der Waals surface area contributed by atoms with E-state index in [-0.39, 0.29) is 5.28 Å². The van der Waals surface area contributed by atoms with E-state index in [1.54, 1.807) is 0 Å². The average molecular weight is 152 g/mol. The second-order valence-corrected chi connectivity index (χ2v) is 1.79. The molecule has 8 heavy (non-hydrogen) atoms. The van der Waals surface area contributed by atoms with Crippen molar-refractivity contribution in [1.29, 1.82) is 0 Å². The lowest BCUT2D eigenvalue weighted by Crippen LogP contribution is -1.77. The van der Waals surface area contributed by atoms with Crippen molar-refractivity contribution in [2.45, 2.75) is 5.88 Å². The monoisotopic (exact) mass is 151 g/mol. The number of alkyl halides is 1. The van der Waals surface area contributed by atoms with Gasteiger partial charge >= 0.3 is 0 Å². The second kappa shape index (κ2) is 2.33. The first-order chi connectivity index (χ1) is 3.83. The fraction of sp³-hybridized carbons (Fsp3) is 0.333. The number of H-pyrrole nitrogens is 1. The van der Waals surface area contributed by atoms with E-state index in [1.807, 2.05) is 0 Å². The van der Waals surface area contributed by atoms with Crippen LogP contribution in [0.2, 0.25) is 5.28 Å². The van der Waals surface area contributed by atoms with Crippen LogP contribution in [0.25, 0.3) is 0 Å². The number of aromatic nitrogens is 3. The van der Waals surface area contributed by atoms with Crippen LogP contribution in [0.5, 0.6) is 0 Å². The second-order valence-electron chi connectivity index (χ2n) is 1.18. The fourth-order valence-corrected chi connectivity index (χ4v) is 0.596. The molecule has 1 heterocycles. The molecule has 0 spiro atoms. The highest BCUT2D eigenvalue weighted by Crippen LogP contribution is 2.00. The van der Waals surface area contributed by atoms with Crippen LogP contribution in [0.15, 0.2) is 0 Å². The van der Waals surface area contributed by atoms with E-state index >= 15 is 0 Å². The first kappa shape index (κ1) is 5.85. The van der Waals surface area contributed by atoms with E-state index in [2.05, 4.69) is 15.2 Å². The molecule has 0 unspecified atom stereocenters. The molecular formula is C3H3Cl2N3. The Morgan fingerprint density at radius 1 is 1.62 bits per heavy atom. The summed E-state index contributed by atoms with van der Waals surface area (Å²) in [5.74, 6) is 0.913. The third kappa shape index (κ3) is 1.11. The lowest BCUT2D eigenvalue weighted by Gasteiger charge is -1.75. The molecule has 44 valence electrons. The lowest BCUT2D eigenvalue weighted by atomic mass is 10.7. The largest absolute Gasteiger partial charge is 0.261 e. The molecule has 0 radical (unpaired) electrons. The van der Waals surface area contributed by atoms with E-state index in [0.717, 1.165) is 0 Å². The summed E-state index contributed by atoms with van der Waals surface area (Å²) in [5, 5.41) is 6.27. The zero-order valence-corrected chi connectivity index (χ0v) is 5.37. The van der Waals surface area contributed by atoms with Crippen molar-refractivity contribution in [2.75, 3.05) is 0 Å². The Morgan fingerprint density at radius 2 is 2.38 bits per heavy atom. The third-order valence-electron chi connectivity index (χ3n) is 0.631.